The monoisotopic (exact) mass is 1140 g/mol. The van der Waals surface area contributed by atoms with Crippen LogP contribution in [0.25, 0.3) is 0 Å². The van der Waals surface area contributed by atoms with E-state index in [1.54, 1.807) is 67.4 Å². The van der Waals surface area contributed by atoms with Gasteiger partial charge in [0.1, 0.15) is 29.9 Å². The fraction of sp³-hybridized carbons (Fsp3) is 0.429. The van der Waals surface area contributed by atoms with E-state index >= 15 is 0 Å². The maximum Gasteiger partial charge on any atom is 0.444 e. The first-order valence-electron chi connectivity index (χ1n) is 24.7. The summed E-state index contributed by atoms with van der Waals surface area (Å²) in [5.74, 6) is 1.75. The fourth-order valence-corrected chi connectivity index (χ4v) is 12.5. The summed E-state index contributed by atoms with van der Waals surface area (Å²) < 4.78 is 61.1. The van der Waals surface area contributed by atoms with Crippen LogP contribution in [0.1, 0.15) is 42.9 Å². The van der Waals surface area contributed by atoms with E-state index in [-0.39, 0.29) is 44.7 Å². The highest BCUT2D eigenvalue weighted by Gasteiger charge is 2.42. The van der Waals surface area contributed by atoms with Gasteiger partial charge in [0, 0.05) is 102 Å². The predicted molar refractivity (Wildman–Crippen MR) is 282 cm³/mol. The number of halogens is 2. The van der Waals surface area contributed by atoms with Gasteiger partial charge in [-0.1, -0.05) is 53.5 Å². The van der Waals surface area contributed by atoms with E-state index in [4.69, 9.17) is 32.8 Å². The summed E-state index contributed by atoms with van der Waals surface area (Å²) in [7, 11) is -7.60. The molecule has 3 saturated heterocycles. The van der Waals surface area contributed by atoms with Crippen LogP contribution < -0.4 is 9.80 Å². The Balaban J connectivity index is 0.000000242. The van der Waals surface area contributed by atoms with E-state index in [0.717, 1.165) is 16.3 Å². The van der Waals surface area contributed by atoms with Crippen molar-refractivity contribution in [2.45, 2.75) is 63.1 Å². The molecule has 0 aliphatic carbocycles. The number of rotatable bonds is 23. The van der Waals surface area contributed by atoms with E-state index in [2.05, 4.69) is 29.9 Å². The first-order valence-corrected chi connectivity index (χ1v) is 28.7. The smallest absolute Gasteiger partial charge is 0.444 e. The van der Waals surface area contributed by atoms with E-state index < -0.39 is 56.1 Å². The van der Waals surface area contributed by atoms with Gasteiger partial charge in [-0.15, -0.1) is 0 Å². The molecule has 0 saturated carbocycles. The minimum Gasteiger partial charge on any atom is -0.447 e. The fourth-order valence-electron chi connectivity index (χ4n) is 8.81. The van der Waals surface area contributed by atoms with Gasteiger partial charge in [0.15, 0.2) is 0 Å². The second kappa shape index (κ2) is 28.1. The number of cyclic esters (lactones) is 1. The van der Waals surface area contributed by atoms with Crippen molar-refractivity contribution < 1.29 is 50.8 Å². The number of benzene rings is 1. The van der Waals surface area contributed by atoms with Crippen molar-refractivity contribution in [2.24, 2.45) is 0 Å². The number of hydrogen-bond donors (Lipinski definition) is 1. The number of amides is 4. The van der Waals surface area contributed by atoms with Gasteiger partial charge >= 0.3 is 12.2 Å². The van der Waals surface area contributed by atoms with Crippen molar-refractivity contribution in [2.75, 3.05) is 80.3 Å². The molecule has 0 spiro atoms. The van der Waals surface area contributed by atoms with Gasteiger partial charge in [-0.05, 0) is 74.1 Å². The highest BCUT2D eigenvalue weighted by atomic mass is 35.5. The molecule has 8 rings (SSSR count). The first-order chi connectivity index (χ1) is 37.1. The Labute approximate surface area is 456 Å². The minimum absolute atomic E-state index is 0.0453. The summed E-state index contributed by atoms with van der Waals surface area (Å²) in [4.78, 5) is 84.6. The van der Waals surface area contributed by atoms with Crippen molar-refractivity contribution >= 4 is 79.9 Å². The number of anilines is 2. The number of carbonyl (C=O) groups is 4. The summed E-state index contributed by atoms with van der Waals surface area (Å²) in [6.45, 7) is 2.70. The molecule has 412 valence electrons. The Morgan fingerprint density at radius 1 is 0.675 bits per heavy atom. The van der Waals surface area contributed by atoms with Crippen LogP contribution in [0.15, 0.2) is 104 Å². The maximum absolute atomic E-state index is 13.7. The highest BCUT2D eigenvalue weighted by molar-refractivity contribution is 7.89. The van der Waals surface area contributed by atoms with Gasteiger partial charge in [0.05, 0.1) is 39.7 Å². The quantitative estimate of drug-likeness (QED) is 0.0546. The van der Waals surface area contributed by atoms with Gasteiger partial charge in [0.25, 0.3) is 0 Å². The molecule has 77 heavy (non-hydrogen) atoms. The molecule has 7 heterocycles. The van der Waals surface area contributed by atoms with E-state index in [1.165, 1.54) is 14.8 Å². The van der Waals surface area contributed by atoms with Crippen LogP contribution in [0, 0.1) is 0 Å². The number of nitrogens with zero attached hydrogens (tertiary/aromatic N) is 13. The third kappa shape index (κ3) is 16.9. The predicted octanol–water partition coefficient (Wildman–Crippen LogP) is 4.16. The molecule has 3 aliphatic heterocycles. The average molecular weight is 1140 g/mol. The number of aromatic nitrogens is 6. The molecule has 1 N–H and O–H groups in total. The number of pyridine rings is 2. The van der Waals surface area contributed by atoms with Crippen LogP contribution in [-0.2, 0) is 58.5 Å². The van der Waals surface area contributed by atoms with Gasteiger partial charge < -0.3 is 19.4 Å². The first kappa shape index (κ1) is 58.0. The number of hydrogen-bond acceptors (Lipinski definition) is 19. The zero-order chi connectivity index (χ0) is 54.8. The molecule has 3 atom stereocenters. The van der Waals surface area contributed by atoms with Crippen molar-refractivity contribution in [3.05, 3.63) is 131 Å². The Morgan fingerprint density at radius 3 is 1.61 bits per heavy atom. The zero-order valence-corrected chi connectivity index (χ0v) is 45.0. The molecule has 1 aromatic carbocycles. The molecule has 5 aromatic rings. The summed E-state index contributed by atoms with van der Waals surface area (Å²) in [5.41, 5.74) is 0.870. The van der Waals surface area contributed by atoms with Gasteiger partial charge in [-0.3, -0.25) is 14.8 Å². The number of carbonyl (C=O) groups excluding carboxylic acids is 4. The molecular weight excluding hydrogens is 1080 g/mol. The van der Waals surface area contributed by atoms with Crippen LogP contribution in [0.3, 0.4) is 0 Å². The number of ether oxygens (including phenoxy) is 1. The van der Waals surface area contributed by atoms with E-state index in [9.17, 15) is 41.2 Å². The lowest BCUT2D eigenvalue weighted by Crippen LogP contribution is -2.52. The Bertz CT molecular complexity index is 2900. The molecule has 24 nitrogen and oxygen atoms in total. The van der Waals surface area contributed by atoms with Crippen LogP contribution in [0.4, 0.5) is 21.2 Å². The van der Waals surface area contributed by atoms with Gasteiger partial charge in [-0.2, -0.15) is 13.7 Å². The Hall–Kier alpha value is -6.68. The number of hydroxylamine groups is 4. The molecule has 28 heteroatoms. The summed E-state index contributed by atoms with van der Waals surface area (Å²) in [6, 6.07) is 17.1. The normalized spacial score (nSPS) is 17.1. The lowest BCUT2D eigenvalue weighted by Gasteiger charge is -2.36. The topological polar surface area (TPSA) is 275 Å². The van der Waals surface area contributed by atoms with E-state index in [1.807, 2.05) is 40.1 Å². The third-order valence-electron chi connectivity index (χ3n) is 12.9. The SMILES string of the molecule is O=CN(O)[C@@H](CCCc1ncccn1)CS(=O)(=O)N1CCN(c2ccc(Cl)cn2)CC1.O=CN(OC(=O)N1C(=O)OC[C@@H]1Cc1ccccc1)C(CCCc1ncccn1)CS(=O)(=O)N1CCN(c2ccc(Cl)cn2)CC1. The second-order valence-electron chi connectivity index (χ2n) is 18.0. The largest absolute Gasteiger partial charge is 0.447 e. The zero-order valence-electron chi connectivity index (χ0n) is 41.8. The van der Waals surface area contributed by atoms with Crippen LogP contribution in [-0.4, -0.2) is 189 Å². The third-order valence-corrected chi connectivity index (χ3v) is 17.2. The average Bonchev–Trinajstić information content (AvgIpc) is 3.82. The van der Waals surface area contributed by atoms with Crippen molar-refractivity contribution in [1.82, 2.24) is 53.5 Å². The van der Waals surface area contributed by atoms with Crippen molar-refractivity contribution in [3.63, 3.8) is 0 Å². The molecule has 0 radical (unpaired) electrons. The molecular formula is C49H59Cl2N13O11S2. The van der Waals surface area contributed by atoms with Gasteiger partial charge in [0.2, 0.25) is 32.9 Å². The lowest BCUT2D eigenvalue weighted by atomic mass is 10.1. The molecule has 1 unspecified atom stereocenters. The highest BCUT2D eigenvalue weighted by Crippen LogP contribution is 2.24. The Kier molecular flexibility index (Phi) is 21.2. The van der Waals surface area contributed by atoms with Crippen LogP contribution in [0.5, 0.6) is 0 Å². The van der Waals surface area contributed by atoms with Crippen molar-refractivity contribution in [3.8, 4) is 0 Å². The standard InChI is InChI=1S/C30H34ClN7O7S.C19H25ClN6O4S/c31-24-10-11-28(34-19-24)35-14-16-36(17-15-35)46(42,43)21-25(8-4-9-27-32-12-5-13-33-27)37(22-39)45-30(41)38-26(20-44-29(38)40)18-23-6-2-1-3-7-23;20-16-5-6-19(23-13-16)24-9-11-25(12-10-24)31(29,30)14-17(26(28)15-27)3-1-4-18-21-7-2-8-22-18/h1-3,5-7,10-13,19,22,25-26H,4,8-9,14-18,20-21H2;2,5-8,13,15,17,28H,1,3-4,9-12,14H2/t25?,26-;17-/m00/s1. The van der Waals surface area contributed by atoms with Crippen molar-refractivity contribution in [1.29, 1.82) is 0 Å². The van der Waals surface area contributed by atoms with Crippen LogP contribution in [0.2, 0.25) is 10.0 Å². The number of imide groups is 1. The number of sulfonamides is 2. The molecule has 4 aromatic heterocycles. The summed E-state index contributed by atoms with van der Waals surface area (Å²) >= 11 is 11.8. The number of piperazine rings is 2. The molecule has 3 aliphatic rings. The minimum atomic E-state index is -3.93. The molecule has 4 amide bonds. The van der Waals surface area contributed by atoms with Crippen LogP contribution >= 0.6 is 23.2 Å². The van der Waals surface area contributed by atoms with E-state index in [0.29, 0.717) is 115 Å². The second-order valence-corrected chi connectivity index (χ2v) is 22.9. The summed E-state index contributed by atoms with van der Waals surface area (Å²) in [5, 5.41) is 12.1. The summed E-state index contributed by atoms with van der Waals surface area (Å²) in [6.07, 6.45) is 10.6. The Morgan fingerprint density at radius 2 is 1.16 bits per heavy atom. The molecule has 0 bridgehead atoms. The molecule has 3 fully saturated rings. The maximum atomic E-state index is 13.7. The van der Waals surface area contributed by atoms with Gasteiger partial charge in [-0.25, -0.2) is 66.3 Å². The lowest BCUT2D eigenvalue weighted by molar-refractivity contribution is -0.162. The number of aryl methyl sites for hydroxylation is 2.